The highest BCUT2D eigenvalue weighted by Gasteiger charge is 2.13. The van der Waals surface area contributed by atoms with Gasteiger partial charge in [-0.15, -0.1) is 0 Å². The number of rotatable bonds is 6. The molecule has 0 fully saturated rings. The van der Waals surface area contributed by atoms with Gasteiger partial charge < -0.3 is 14.2 Å². The maximum absolute atomic E-state index is 12.6. The number of ketones is 1. The van der Waals surface area contributed by atoms with Crippen LogP contribution in [0.4, 0.5) is 0 Å². The molecule has 0 aromatic heterocycles. The van der Waals surface area contributed by atoms with Crippen molar-refractivity contribution in [1.29, 1.82) is 0 Å². The van der Waals surface area contributed by atoms with Crippen molar-refractivity contribution >= 4 is 11.9 Å². The molecule has 0 radical (unpaired) electrons. The topological polar surface area (TPSA) is 44.8 Å². The van der Waals surface area contributed by atoms with Crippen LogP contribution in [-0.4, -0.2) is 27.1 Å². The van der Waals surface area contributed by atoms with Gasteiger partial charge in [0.1, 0.15) is 0 Å². The van der Waals surface area contributed by atoms with Crippen molar-refractivity contribution in [3.63, 3.8) is 0 Å². The maximum Gasteiger partial charge on any atom is 0.203 e. The number of carbonyl (C=O) groups is 1. The fourth-order valence-electron chi connectivity index (χ4n) is 2.69. The van der Waals surface area contributed by atoms with E-state index in [1.54, 1.807) is 45.6 Å². The van der Waals surface area contributed by atoms with Gasteiger partial charge in [-0.2, -0.15) is 0 Å². The van der Waals surface area contributed by atoms with Gasteiger partial charge in [-0.25, -0.2) is 0 Å². The first-order chi connectivity index (χ1) is 11.9. The Balaban J connectivity index is 2.36. The molecule has 0 aliphatic heterocycles. The van der Waals surface area contributed by atoms with Crippen LogP contribution < -0.4 is 14.2 Å². The van der Waals surface area contributed by atoms with E-state index < -0.39 is 0 Å². The Bertz CT molecular complexity index is 794. The summed E-state index contributed by atoms with van der Waals surface area (Å²) in [4.78, 5) is 12.6. The number of aryl methyl sites for hydroxylation is 3. The predicted octanol–water partition coefficient (Wildman–Crippen LogP) is 4.53. The second-order valence-corrected chi connectivity index (χ2v) is 5.91. The molecule has 0 aliphatic carbocycles. The molecule has 0 saturated carbocycles. The lowest BCUT2D eigenvalue weighted by atomic mass is 9.97. The second kappa shape index (κ2) is 7.88. The highest BCUT2D eigenvalue weighted by molar-refractivity contribution is 6.08. The molecule has 0 saturated heterocycles. The van der Waals surface area contributed by atoms with E-state index in [2.05, 4.69) is 0 Å². The standard InChI is InChI=1S/C21H24O4/c1-13-9-15(3)17(10-14(13)2)18(22)8-7-16-11-19(23-4)21(25-6)20(12-16)24-5/h7-12H,1-6H3. The van der Waals surface area contributed by atoms with Crippen molar-refractivity contribution in [3.8, 4) is 17.2 Å². The van der Waals surface area contributed by atoms with Crippen molar-refractivity contribution in [2.75, 3.05) is 21.3 Å². The molecule has 0 unspecified atom stereocenters. The van der Waals surface area contributed by atoms with Gasteiger partial charge in [-0.05, 0) is 67.3 Å². The van der Waals surface area contributed by atoms with Gasteiger partial charge in [0.25, 0.3) is 0 Å². The van der Waals surface area contributed by atoms with Gasteiger partial charge in [0.15, 0.2) is 17.3 Å². The minimum atomic E-state index is -0.0330. The fraction of sp³-hybridized carbons (Fsp3) is 0.286. The summed E-state index contributed by atoms with van der Waals surface area (Å²) in [6, 6.07) is 7.58. The number of benzene rings is 2. The molecule has 2 aromatic rings. The van der Waals surface area contributed by atoms with Crippen LogP contribution in [0.1, 0.15) is 32.6 Å². The van der Waals surface area contributed by atoms with E-state index in [0.717, 1.165) is 16.7 Å². The van der Waals surface area contributed by atoms with E-state index in [-0.39, 0.29) is 5.78 Å². The van der Waals surface area contributed by atoms with Gasteiger partial charge in [0.2, 0.25) is 5.75 Å². The van der Waals surface area contributed by atoms with Crippen molar-refractivity contribution < 1.29 is 19.0 Å². The predicted molar refractivity (Wildman–Crippen MR) is 100 cm³/mol. The quantitative estimate of drug-likeness (QED) is 0.572. The lowest BCUT2D eigenvalue weighted by Crippen LogP contribution is -2.00. The number of carbonyl (C=O) groups excluding carboxylic acids is 1. The Morgan fingerprint density at radius 3 is 1.88 bits per heavy atom. The molecule has 0 heterocycles. The van der Waals surface area contributed by atoms with Crippen LogP contribution in [0.15, 0.2) is 30.3 Å². The number of hydrogen-bond donors (Lipinski definition) is 0. The fourth-order valence-corrected chi connectivity index (χ4v) is 2.69. The first kappa shape index (κ1) is 18.6. The minimum Gasteiger partial charge on any atom is -0.493 e. The normalized spacial score (nSPS) is 10.8. The summed E-state index contributed by atoms with van der Waals surface area (Å²) in [5, 5.41) is 0. The molecule has 0 spiro atoms. The van der Waals surface area contributed by atoms with Crippen LogP contribution in [0, 0.1) is 20.8 Å². The molecule has 0 amide bonds. The first-order valence-corrected chi connectivity index (χ1v) is 8.01. The van der Waals surface area contributed by atoms with Crippen molar-refractivity contribution in [2.24, 2.45) is 0 Å². The molecule has 25 heavy (non-hydrogen) atoms. The lowest BCUT2D eigenvalue weighted by Gasteiger charge is -2.12. The zero-order valence-corrected chi connectivity index (χ0v) is 15.6. The summed E-state index contributed by atoms with van der Waals surface area (Å²) in [6.45, 7) is 6.00. The molecular weight excluding hydrogens is 316 g/mol. The van der Waals surface area contributed by atoms with Crippen LogP contribution in [0.5, 0.6) is 17.2 Å². The molecule has 2 aromatic carbocycles. The van der Waals surface area contributed by atoms with Crippen molar-refractivity contribution in [1.82, 2.24) is 0 Å². The minimum absolute atomic E-state index is 0.0330. The van der Waals surface area contributed by atoms with E-state index in [4.69, 9.17) is 14.2 Å². The summed E-state index contributed by atoms with van der Waals surface area (Å²) in [5.41, 5.74) is 4.77. The van der Waals surface area contributed by atoms with Crippen LogP contribution in [0.25, 0.3) is 6.08 Å². The Morgan fingerprint density at radius 1 is 0.800 bits per heavy atom. The highest BCUT2D eigenvalue weighted by atomic mass is 16.5. The Hall–Kier alpha value is -2.75. The summed E-state index contributed by atoms with van der Waals surface area (Å²) < 4.78 is 16.0. The largest absolute Gasteiger partial charge is 0.493 e. The van der Waals surface area contributed by atoms with Gasteiger partial charge in [-0.3, -0.25) is 4.79 Å². The van der Waals surface area contributed by atoms with Crippen LogP contribution in [0.2, 0.25) is 0 Å². The van der Waals surface area contributed by atoms with Gasteiger partial charge in [-0.1, -0.05) is 12.1 Å². The third-order valence-electron chi connectivity index (χ3n) is 4.22. The van der Waals surface area contributed by atoms with Crippen molar-refractivity contribution in [3.05, 3.63) is 58.2 Å². The summed E-state index contributed by atoms with van der Waals surface area (Å²) in [7, 11) is 4.69. The zero-order chi connectivity index (χ0) is 18.6. The average Bonchev–Trinajstić information content (AvgIpc) is 2.61. The van der Waals surface area contributed by atoms with Gasteiger partial charge in [0.05, 0.1) is 21.3 Å². The second-order valence-electron chi connectivity index (χ2n) is 5.91. The Labute approximate surface area is 149 Å². The first-order valence-electron chi connectivity index (χ1n) is 8.01. The SMILES string of the molecule is COc1cc(C=CC(=O)c2cc(C)c(C)cc2C)cc(OC)c1OC. The molecule has 132 valence electrons. The molecule has 0 bridgehead atoms. The van der Waals surface area contributed by atoms with Crippen LogP contribution >= 0.6 is 0 Å². The zero-order valence-electron chi connectivity index (χ0n) is 15.6. The summed E-state index contributed by atoms with van der Waals surface area (Å²) in [5.74, 6) is 1.60. The highest BCUT2D eigenvalue weighted by Crippen LogP contribution is 2.38. The Morgan fingerprint density at radius 2 is 1.36 bits per heavy atom. The van der Waals surface area contributed by atoms with Crippen molar-refractivity contribution in [2.45, 2.75) is 20.8 Å². The van der Waals surface area contributed by atoms with E-state index in [1.807, 2.05) is 32.9 Å². The van der Waals surface area contributed by atoms with Gasteiger partial charge >= 0.3 is 0 Å². The molecule has 0 atom stereocenters. The van der Waals surface area contributed by atoms with E-state index >= 15 is 0 Å². The lowest BCUT2D eigenvalue weighted by molar-refractivity contribution is 0.104. The van der Waals surface area contributed by atoms with E-state index in [0.29, 0.717) is 22.8 Å². The Kier molecular flexibility index (Phi) is 5.86. The van der Waals surface area contributed by atoms with E-state index in [9.17, 15) is 4.79 Å². The molecule has 2 rings (SSSR count). The number of hydrogen-bond acceptors (Lipinski definition) is 4. The molecule has 4 heteroatoms. The van der Waals surface area contributed by atoms with Crippen LogP contribution in [0.3, 0.4) is 0 Å². The molecule has 4 nitrogen and oxygen atoms in total. The van der Waals surface area contributed by atoms with Gasteiger partial charge in [0, 0.05) is 5.56 Å². The summed E-state index contributed by atoms with van der Waals surface area (Å²) in [6.07, 6.45) is 3.32. The maximum atomic E-state index is 12.6. The smallest absolute Gasteiger partial charge is 0.203 e. The average molecular weight is 340 g/mol. The number of methoxy groups -OCH3 is 3. The molecule has 0 N–H and O–H groups in total. The monoisotopic (exact) mass is 340 g/mol. The third-order valence-corrected chi connectivity index (χ3v) is 4.22. The van der Waals surface area contributed by atoms with Crippen LogP contribution in [-0.2, 0) is 0 Å². The number of ether oxygens (including phenoxy) is 3. The molecule has 0 aliphatic rings. The number of allylic oxidation sites excluding steroid dienone is 1. The summed E-state index contributed by atoms with van der Waals surface area (Å²) >= 11 is 0. The third kappa shape index (κ3) is 4.02. The molecular formula is C21H24O4. The van der Waals surface area contributed by atoms with E-state index in [1.165, 1.54) is 5.56 Å².